The number of hydrogen-bond donors (Lipinski definition) is 1. The molecule has 0 saturated heterocycles. The van der Waals surface area contributed by atoms with Crippen molar-refractivity contribution in [2.45, 2.75) is 11.4 Å². The Morgan fingerprint density at radius 3 is 2.30 bits per heavy atom. The van der Waals surface area contributed by atoms with E-state index in [0.717, 1.165) is 28.0 Å². The number of thioether (sulfide) groups is 1. The van der Waals surface area contributed by atoms with Gasteiger partial charge in [0.2, 0.25) is 0 Å². The van der Waals surface area contributed by atoms with Gasteiger partial charge in [0.15, 0.2) is 0 Å². The first-order chi connectivity index (χ1) is 14.5. The van der Waals surface area contributed by atoms with Gasteiger partial charge in [-0.15, -0.1) is 11.8 Å². The molecule has 1 heterocycles. The number of nitrogens with zero attached hydrogens (tertiary/aromatic N) is 1. The molecule has 3 aromatic carbocycles. The van der Waals surface area contributed by atoms with Gasteiger partial charge in [-0.05, 0) is 59.9 Å². The summed E-state index contributed by atoms with van der Waals surface area (Å²) in [5, 5.41) is 3.20. The quantitative estimate of drug-likeness (QED) is 0.406. The molecule has 30 heavy (non-hydrogen) atoms. The van der Waals surface area contributed by atoms with E-state index in [1.165, 1.54) is 17.0 Å². The van der Waals surface area contributed by atoms with Crippen LogP contribution in [0, 0.1) is 5.82 Å². The van der Waals surface area contributed by atoms with Gasteiger partial charge in [-0.2, -0.15) is 0 Å². The summed E-state index contributed by atoms with van der Waals surface area (Å²) in [5.74, 6) is -0.253. The van der Waals surface area contributed by atoms with Crippen LogP contribution in [-0.2, 0) is 6.54 Å². The number of hydrazine groups is 1. The molecule has 2 nitrogen and oxygen atoms in total. The highest BCUT2D eigenvalue weighted by Crippen LogP contribution is 2.31. The molecule has 0 amide bonds. The first kappa shape index (κ1) is 20.9. The first-order valence-electron chi connectivity index (χ1n) is 9.33. The maximum Gasteiger partial charge on any atom is 0.123 e. The predicted molar refractivity (Wildman–Crippen MR) is 126 cm³/mol. The van der Waals surface area contributed by atoms with Crippen LogP contribution in [0.15, 0.2) is 83.9 Å². The van der Waals surface area contributed by atoms with Gasteiger partial charge < -0.3 is 0 Å². The lowest BCUT2D eigenvalue weighted by atomic mass is 9.98. The SMILES string of the molecule is CSc1ccc(C2=C(c3ccc(F)cc3)C=CN(Cc3ccc(Cl)cc3Cl)N2)cc1. The van der Waals surface area contributed by atoms with Crippen molar-refractivity contribution in [2.75, 3.05) is 6.26 Å². The Balaban J connectivity index is 1.69. The van der Waals surface area contributed by atoms with Gasteiger partial charge in [-0.3, -0.25) is 10.4 Å². The van der Waals surface area contributed by atoms with Gasteiger partial charge in [0, 0.05) is 32.3 Å². The van der Waals surface area contributed by atoms with E-state index < -0.39 is 0 Å². The van der Waals surface area contributed by atoms with Gasteiger partial charge in [0.25, 0.3) is 0 Å². The Labute approximate surface area is 190 Å². The lowest BCUT2D eigenvalue weighted by molar-refractivity contribution is 0.314. The summed E-state index contributed by atoms with van der Waals surface area (Å²) in [7, 11) is 0. The van der Waals surface area contributed by atoms with E-state index in [2.05, 4.69) is 35.9 Å². The van der Waals surface area contributed by atoms with E-state index in [4.69, 9.17) is 23.2 Å². The molecule has 0 fully saturated rings. The van der Waals surface area contributed by atoms with Crippen LogP contribution >= 0.6 is 35.0 Å². The van der Waals surface area contributed by atoms with Crippen LogP contribution < -0.4 is 5.43 Å². The maximum absolute atomic E-state index is 13.4. The van der Waals surface area contributed by atoms with Gasteiger partial charge in [-0.1, -0.05) is 53.5 Å². The molecule has 4 rings (SSSR count). The van der Waals surface area contributed by atoms with Crippen molar-refractivity contribution >= 4 is 46.2 Å². The second kappa shape index (κ2) is 9.17. The molecule has 0 aromatic heterocycles. The van der Waals surface area contributed by atoms with Crippen molar-refractivity contribution in [1.29, 1.82) is 0 Å². The summed E-state index contributed by atoms with van der Waals surface area (Å²) in [6.45, 7) is 0.565. The van der Waals surface area contributed by atoms with E-state index in [9.17, 15) is 4.39 Å². The van der Waals surface area contributed by atoms with Crippen molar-refractivity contribution in [1.82, 2.24) is 10.4 Å². The van der Waals surface area contributed by atoms with Crippen LogP contribution in [0.3, 0.4) is 0 Å². The third kappa shape index (κ3) is 4.67. The van der Waals surface area contributed by atoms with Crippen LogP contribution in [0.25, 0.3) is 11.3 Å². The zero-order chi connectivity index (χ0) is 21.1. The van der Waals surface area contributed by atoms with Gasteiger partial charge in [0.1, 0.15) is 5.82 Å². The second-order valence-electron chi connectivity index (χ2n) is 6.82. The monoisotopic (exact) mass is 456 g/mol. The lowest BCUT2D eigenvalue weighted by Crippen LogP contribution is -2.34. The highest BCUT2D eigenvalue weighted by Gasteiger charge is 2.17. The fourth-order valence-electron chi connectivity index (χ4n) is 3.26. The van der Waals surface area contributed by atoms with E-state index in [1.807, 2.05) is 29.4 Å². The van der Waals surface area contributed by atoms with Gasteiger partial charge >= 0.3 is 0 Å². The number of allylic oxidation sites excluding steroid dienone is 2. The number of hydrogen-bond acceptors (Lipinski definition) is 3. The first-order valence-corrected chi connectivity index (χ1v) is 11.3. The Kier molecular flexibility index (Phi) is 6.38. The fourth-order valence-corrected chi connectivity index (χ4v) is 4.14. The van der Waals surface area contributed by atoms with E-state index in [0.29, 0.717) is 16.6 Å². The minimum Gasteiger partial charge on any atom is -0.297 e. The van der Waals surface area contributed by atoms with Crippen LogP contribution in [0.5, 0.6) is 0 Å². The van der Waals surface area contributed by atoms with Crippen LogP contribution in [0.1, 0.15) is 16.7 Å². The van der Waals surface area contributed by atoms with Crippen molar-refractivity contribution in [2.24, 2.45) is 0 Å². The third-order valence-electron chi connectivity index (χ3n) is 4.84. The maximum atomic E-state index is 13.4. The molecule has 0 saturated carbocycles. The largest absolute Gasteiger partial charge is 0.297 e. The van der Waals surface area contributed by atoms with Crippen LogP contribution in [0.4, 0.5) is 4.39 Å². The average molecular weight is 457 g/mol. The molecule has 6 heteroatoms. The zero-order valence-electron chi connectivity index (χ0n) is 16.2. The third-order valence-corrected chi connectivity index (χ3v) is 6.17. The van der Waals surface area contributed by atoms with Crippen LogP contribution in [0.2, 0.25) is 10.0 Å². The van der Waals surface area contributed by atoms with E-state index in [-0.39, 0.29) is 5.82 Å². The molecule has 1 aliphatic rings. The minimum atomic E-state index is -0.253. The highest BCUT2D eigenvalue weighted by molar-refractivity contribution is 7.98. The minimum absolute atomic E-state index is 0.253. The summed E-state index contributed by atoms with van der Waals surface area (Å²) >= 11 is 14.1. The second-order valence-corrected chi connectivity index (χ2v) is 8.54. The standard InChI is InChI=1S/C24H19Cl2FN2S/c1-30-21-10-5-17(6-11-21)24-22(16-3-8-20(27)9-4-16)12-13-29(28-24)15-18-2-7-19(25)14-23(18)26/h2-14,28H,15H2,1H3. The highest BCUT2D eigenvalue weighted by atomic mass is 35.5. The summed E-state index contributed by atoms with van der Waals surface area (Å²) in [6, 6.07) is 20.4. The lowest BCUT2D eigenvalue weighted by Gasteiger charge is -2.30. The molecule has 3 aromatic rings. The molecule has 0 unspecified atom stereocenters. The molecular weight excluding hydrogens is 438 g/mol. The van der Waals surface area contributed by atoms with E-state index in [1.54, 1.807) is 30.0 Å². The zero-order valence-corrected chi connectivity index (χ0v) is 18.5. The predicted octanol–water partition coefficient (Wildman–Crippen LogP) is 7.26. The molecule has 0 bridgehead atoms. The van der Waals surface area contributed by atoms with Gasteiger partial charge in [0.05, 0.1) is 12.2 Å². The summed E-state index contributed by atoms with van der Waals surface area (Å²) in [4.78, 5) is 1.19. The summed E-state index contributed by atoms with van der Waals surface area (Å²) in [6.07, 6.45) is 6.05. The Hall–Kier alpha value is -2.40. The molecule has 0 aliphatic carbocycles. The Bertz CT molecular complexity index is 1110. The molecule has 0 atom stereocenters. The Morgan fingerprint density at radius 1 is 0.933 bits per heavy atom. The number of benzene rings is 3. The summed E-state index contributed by atoms with van der Waals surface area (Å²) < 4.78 is 13.4. The van der Waals surface area contributed by atoms with Crippen molar-refractivity contribution in [3.63, 3.8) is 0 Å². The average Bonchev–Trinajstić information content (AvgIpc) is 2.76. The molecule has 152 valence electrons. The number of rotatable bonds is 5. The molecular formula is C24H19Cl2FN2S. The molecule has 0 spiro atoms. The number of halogens is 3. The molecule has 0 radical (unpaired) electrons. The molecule has 1 N–H and O–H groups in total. The topological polar surface area (TPSA) is 15.3 Å². The van der Waals surface area contributed by atoms with Crippen LogP contribution in [-0.4, -0.2) is 11.3 Å². The summed E-state index contributed by atoms with van der Waals surface area (Å²) in [5.41, 5.74) is 8.37. The number of nitrogens with one attached hydrogen (secondary N) is 1. The smallest absolute Gasteiger partial charge is 0.123 e. The fraction of sp³-hybridized carbons (Fsp3) is 0.0833. The molecule has 1 aliphatic heterocycles. The normalized spacial score (nSPS) is 13.5. The van der Waals surface area contributed by atoms with Crippen molar-refractivity contribution < 1.29 is 4.39 Å². The van der Waals surface area contributed by atoms with Gasteiger partial charge in [-0.25, -0.2) is 4.39 Å². The van der Waals surface area contributed by atoms with Crippen molar-refractivity contribution in [3.8, 4) is 0 Å². The van der Waals surface area contributed by atoms with Crippen molar-refractivity contribution in [3.05, 3.63) is 112 Å². The van der Waals surface area contributed by atoms with E-state index >= 15 is 0 Å². The Morgan fingerprint density at radius 2 is 1.63 bits per heavy atom.